The Morgan fingerprint density at radius 3 is 2.70 bits per heavy atom. The van der Waals surface area contributed by atoms with Crippen molar-refractivity contribution in [1.82, 2.24) is 29.9 Å². The van der Waals surface area contributed by atoms with Gasteiger partial charge in [0.05, 0.1) is 23.1 Å². The molecule has 2 aromatic heterocycles. The lowest BCUT2D eigenvalue weighted by molar-refractivity contribution is 0.0710. The van der Waals surface area contributed by atoms with Gasteiger partial charge in [0, 0.05) is 29.9 Å². The summed E-state index contributed by atoms with van der Waals surface area (Å²) in [6.45, 7) is 3.48. The first-order valence-electron chi connectivity index (χ1n) is 10.7. The maximum Gasteiger partial charge on any atom is 0.257 e. The number of nitrogens with zero attached hydrogens (tertiary/aromatic N) is 5. The molecule has 0 atom stereocenters. The maximum absolute atomic E-state index is 13.2. The number of rotatable bonds is 5. The largest absolute Gasteiger partial charge is 0.338 e. The number of H-pyrrole nitrogens is 1. The van der Waals surface area contributed by atoms with E-state index in [0.29, 0.717) is 41.9 Å². The Balaban J connectivity index is 1.29. The third kappa shape index (κ3) is 3.62. The summed E-state index contributed by atoms with van der Waals surface area (Å²) in [5, 5.41) is 12.6. The van der Waals surface area contributed by atoms with Crippen molar-refractivity contribution in [3.63, 3.8) is 0 Å². The monoisotopic (exact) mass is 424 g/mol. The number of carbonyl (C=O) groups excluding carboxylic acids is 1. The Morgan fingerprint density at radius 1 is 1.20 bits per heavy atom. The number of benzene rings is 1. The van der Waals surface area contributed by atoms with Gasteiger partial charge in [-0.15, -0.1) is 0 Å². The van der Waals surface area contributed by atoms with Crippen LogP contribution in [0, 0.1) is 0 Å². The molecule has 5 rings (SSSR count). The summed E-state index contributed by atoms with van der Waals surface area (Å²) in [4.78, 5) is 19.9. The molecule has 1 aliphatic heterocycles. The molecule has 8 heteroatoms. The van der Waals surface area contributed by atoms with E-state index in [1.807, 2.05) is 40.8 Å². The summed E-state index contributed by atoms with van der Waals surface area (Å²) in [5.74, 6) is 2.89. The number of aromatic nitrogens is 5. The Kier molecular flexibility index (Phi) is 5.06. The van der Waals surface area contributed by atoms with Crippen LogP contribution in [0.5, 0.6) is 0 Å². The van der Waals surface area contributed by atoms with Crippen molar-refractivity contribution in [2.24, 2.45) is 0 Å². The molecule has 0 bridgehead atoms. The third-order valence-corrected chi connectivity index (χ3v) is 6.35. The van der Waals surface area contributed by atoms with Crippen molar-refractivity contribution in [1.29, 1.82) is 0 Å². The Labute approximate surface area is 180 Å². The standard InChI is InChI=1S/C22H25ClN6O/c1-2-19-18(13-24-29(19)17-5-3-4-16(23)12-17)22(30)28-10-8-15(9-11-28)21-25-20(26-27-21)14-6-7-14/h3-5,12-15H,2,6-11H2,1H3,(H,25,26,27). The van der Waals surface area contributed by atoms with Crippen molar-refractivity contribution in [2.45, 2.75) is 50.9 Å². The maximum atomic E-state index is 13.2. The van der Waals surface area contributed by atoms with E-state index >= 15 is 0 Å². The minimum Gasteiger partial charge on any atom is -0.338 e. The smallest absolute Gasteiger partial charge is 0.257 e. The summed E-state index contributed by atoms with van der Waals surface area (Å²) in [7, 11) is 0. The van der Waals surface area contributed by atoms with Gasteiger partial charge in [0.1, 0.15) is 5.82 Å². The fourth-order valence-corrected chi connectivity index (χ4v) is 4.43. The number of likely N-dealkylation sites (tertiary alicyclic amines) is 1. The number of aromatic amines is 1. The van der Waals surface area contributed by atoms with Crippen LogP contribution in [0.2, 0.25) is 5.02 Å². The number of halogens is 1. The Hall–Kier alpha value is -2.67. The first kappa shape index (κ1) is 19.3. The number of carbonyl (C=O) groups is 1. The molecule has 2 aliphatic rings. The van der Waals surface area contributed by atoms with E-state index in [4.69, 9.17) is 16.6 Å². The Bertz CT molecular complexity index is 1060. The van der Waals surface area contributed by atoms with Crippen LogP contribution < -0.4 is 0 Å². The van der Waals surface area contributed by atoms with E-state index in [1.165, 1.54) is 12.8 Å². The number of hydrogen-bond acceptors (Lipinski definition) is 4. The lowest BCUT2D eigenvalue weighted by atomic mass is 9.95. The first-order chi connectivity index (χ1) is 14.6. The van der Waals surface area contributed by atoms with Gasteiger partial charge in [-0.05, 0) is 50.3 Å². The molecule has 1 N–H and O–H groups in total. The van der Waals surface area contributed by atoms with Crippen LogP contribution in [0.4, 0.5) is 0 Å². The van der Waals surface area contributed by atoms with E-state index in [0.717, 1.165) is 35.9 Å². The molecule has 3 heterocycles. The summed E-state index contributed by atoms with van der Waals surface area (Å²) in [6.07, 6.45) is 6.60. The van der Waals surface area contributed by atoms with Crippen molar-refractivity contribution in [3.05, 3.63) is 58.4 Å². The highest BCUT2D eigenvalue weighted by molar-refractivity contribution is 6.30. The van der Waals surface area contributed by atoms with Crippen molar-refractivity contribution < 1.29 is 4.79 Å². The molecule has 1 saturated carbocycles. The van der Waals surface area contributed by atoms with E-state index < -0.39 is 0 Å². The minimum absolute atomic E-state index is 0.0508. The quantitative estimate of drug-likeness (QED) is 0.668. The lowest BCUT2D eigenvalue weighted by Gasteiger charge is -2.31. The number of nitrogens with one attached hydrogen (secondary N) is 1. The van der Waals surface area contributed by atoms with Crippen LogP contribution in [0.25, 0.3) is 5.69 Å². The summed E-state index contributed by atoms with van der Waals surface area (Å²) < 4.78 is 1.82. The van der Waals surface area contributed by atoms with Crippen LogP contribution in [0.1, 0.15) is 72.1 Å². The van der Waals surface area contributed by atoms with Crippen LogP contribution in [-0.2, 0) is 6.42 Å². The average Bonchev–Trinajstić information content (AvgIpc) is 3.34. The van der Waals surface area contributed by atoms with Gasteiger partial charge < -0.3 is 4.90 Å². The Morgan fingerprint density at radius 2 is 2.00 bits per heavy atom. The summed E-state index contributed by atoms with van der Waals surface area (Å²) in [6, 6.07) is 7.54. The van der Waals surface area contributed by atoms with Crippen molar-refractivity contribution in [2.75, 3.05) is 13.1 Å². The minimum atomic E-state index is 0.0508. The van der Waals surface area contributed by atoms with Crippen molar-refractivity contribution in [3.8, 4) is 5.69 Å². The van der Waals surface area contributed by atoms with Gasteiger partial charge in [0.15, 0.2) is 5.82 Å². The number of hydrogen-bond donors (Lipinski definition) is 1. The SMILES string of the molecule is CCc1c(C(=O)N2CCC(c3nc(C4CC4)n[nH]3)CC2)cnn1-c1cccc(Cl)c1. The molecule has 2 fully saturated rings. The number of piperidine rings is 1. The van der Waals surface area contributed by atoms with E-state index in [-0.39, 0.29) is 5.91 Å². The zero-order chi connectivity index (χ0) is 20.7. The predicted molar refractivity (Wildman–Crippen MR) is 114 cm³/mol. The van der Waals surface area contributed by atoms with Gasteiger partial charge in [0.2, 0.25) is 0 Å². The molecule has 1 aromatic carbocycles. The van der Waals surface area contributed by atoms with Gasteiger partial charge in [-0.3, -0.25) is 9.89 Å². The van der Waals surface area contributed by atoms with Gasteiger partial charge in [-0.2, -0.15) is 10.2 Å². The van der Waals surface area contributed by atoms with Crippen molar-refractivity contribution >= 4 is 17.5 Å². The number of amides is 1. The lowest BCUT2D eigenvalue weighted by Crippen LogP contribution is -2.38. The molecule has 0 unspecified atom stereocenters. The van der Waals surface area contributed by atoms with E-state index in [9.17, 15) is 4.79 Å². The molecule has 30 heavy (non-hydrogen) atoms. The molecular formula is C22H25ClN6O. The van der Waals surface area contributed by atoms with E-state index in [2.05, 4.69) is 15.3 Å². The molecule has 1 amide bonds. The van der Waals surface area contributed by atoms with Crippen LogP contribution in [0.3, 0.4) is 0 Å². The molecule has 1 aliphatic carbocycles. The highest BCUT2D eigenvalue weighted by atomic mass is 35.5. The van der Waals surface area contributed by atoms with Crippen LogP contribution >= 0.6 is 11.6 Å². The van der Waals surface area contributed by atoms with Crippen LogP contribution in [-0.4, -0.2) is 48.9 Å². The summed E-state index contributed by atoms with van der Waals surface area (Å²) in [5.41, 5.74) is 2.45. The van der Waals surface area contributed by atoms with E-state index in [1.54, 1.807) is 6.20 Å². The van der Waals surface area contributed by atoms with Gasteiger partial charge >= 0.3 is 0 Å². The fourth-order valence-electron chi connectivity index (χ4n) is 4.24. The second-order valence-electron chi connectivity index (χ2n) is 8.17. The zero-order valence-electron chi connectivity index (χ0n) is 17.0. The van der Waals surface area contributed by atoms with Gasteiger partial charge in [0.25, 0.3) is 5.91 Å². The molecule has 0 spiro atoms. The second-order valence-corrected chi connectivity index (χ2v) is 8.61. The zero-order valence-corrected chi connectivity index (χ0v) is 17.8. The fraction of sp³-hybridized carbons (Fsp3) is 0.455. The molecule has 3 aromatic rings. The average molecular weight is 425 g/mol. The summed E-state index contributed by atoms with van der Waals surface area (Å²) >= 11 is 6.14. The molecule has 0 radical (unpaired) electrons. The van der Waals surface area contributed by atoms with Gasteiger partial charge in [-0.25, -0.2) is 9.67 Å². The highest BCUT2D eigenvalue weighted by Crippen LogP contribution is 2.38. The van der Waals surface area contributed by atoms with Gasteiger partial charge in [-0.1, -0.05) is 24.6 Å². The molecule has 7 nitrogen and oxygen atoms in total. The molecule has 1 saturated heterocycles. The first-order valence-corrected chi connectivity index (χ1v) is 11.1. The topological polar surface area (TPSA) is 79.7 Å². The highest BCUT2D eigenvalue weighted by Gasteiger charge is 2.31. The predicted octanol–water partition coefficient (Wildman–Crippen LogP) is 4.10. The second kappa shape index (κ2) is 7.87. The normalized spacial score (nSPS) is 17.5. The van der Waals surface area contributed by atoms with Crippen LogP contribution in [0.15, 0.2) is 30.5 Å². The third-order valence-electron chi connectivity index (χ3n) is 6.12. The molecule has 156 valence electrons. The molecular weight excluding hydrogens is 400 g/mol.